The van der Waals surface area contributed by atoms with Crippen molar-refractivity contribution in [1.82, 2.24) is 15.1 Å². The Morgan fingerprint density at radius 2 is 1.96 bits per heavy atom. The number of carbonyl (C=O) groups excluding carboxylic acids is 2. The molecule has 2 heterocycles. The second-order valence-electron chi connectivity index (χ2n) is 7.10. The van der Waals surface area contributed by atoms with Crippen LogP contribution in [0.1, 0.15) is 18.4 Å². The minimum Gasteiger partial charge on any atom is -0.381 e. The van der Waals surface area contributed by atoms with E-state index in [4.69, 9.17) is 4.74 Å². The number of nitrogens with one attached hydrogen (secondary N) is 1. The Kier molecular flexibility index (Phi) is 7.03. The molecule has 2 amide bonds. The molecule has 0 spiro atoms. The number of carbonyl (C=O) groups is 2. The Labute approximate surface area is 155 Å². The first-order valence-corrected chi connectivity index (χ1v) is 9.62. The summed E-state index contributed by atoms with van der Waals surface area (Å²) < 4.78 is 5.33. The van der Waals surface area contributed by atoms with Gasteiger partial charge in [0, 0.05) is 39.3 Å². The Bertz CT molecular complexity index is 587. The zero-order valence-electron chi connectivity index (χ0n) is 15.4. The molecule has 1 aromatic carbocycles. The molecule has 0 saturated carbocycles. The summed E-state index contributed by atoms with van der Waals surface area (Å²) in [5.74, 6) is 0.310. The van der Waals surface area contributed by atoms with Crippen molar-refractivity contribution in [3.8, 4) is 0 Å². The molecule has 0 aliphatic carbocycles. The van der Waals surface area contributed by atoms with Gasteiger partial charge in [-0.25, -0.2) is 0 Å². The third-order valence-electron chi connectivity index (χ3n) is 5.13. The summed E-state index contributed by atoms with van der Waals surface area (Å²) in [6.07, 6.45) is 2.60. The number of hydrogen-bond donors (Lipinski definition) is 1. The monoisotopic (exact) mass is 359 g/mol. The number of nitrogens with zero attached hydrogens (tertiary/aromatic N) is 2. The van der Waals surface area contributed by atoms with Crippen molar-refractivity contribution in [2.45, 2.75) is 19.3 Å². The molecule has 6 nitrogen and oxygen atoms in total. The van der Waals surface area contributed by atoms with Crippen molar-refractivity contribution in [3.63, 3.8) is 0 Å². The van der Waals surface area contributed by atoms with Gasteiger partial charge in [0.05, 0.1) is 19.1 Å². The molecule has 1 unspecified atom stereocenters. The van der Waals surface area contributed by atoms with Crippen LogP contribution in [0.3, 0.4) is 0 Å². The lowest BCUT2D eigenvalue weighted by atomic mass is 10.1. The Morgan fingerprint density at radius 3 is 2.73 bits per heavy atom. The van der Waals surface area contributed by atoms with E-state index in [0.29, 0.717) is 32.8 Å². The van der Waals surface area contributed by atoms with E-state index >= 15 is 0 Å². The quantitative estimate of drug-likeness (QED) is 0.820. The van der Waals surface area contributed by atoms with Crippen molar-refractivity contribution < 1.29 is 14.3 Å². The fourth-order valence-corrected chi connectivity index (χ4v) is 3.59. The van der Waals surface area contributed by atoms with Crippen molar-refractivity contribution in [1.29, 1.82) is 0 Å². The van der Waals surface area contributed by atoms with E-state index < -0.39 is 0 Å². The molecule has 2 aliphatic rings. The van der Waals surface area contributed by atoms with Gasteiger partial charge in [-0.3, -0.25) is 14.5 Å². The maximum absolute atomic E-state index is 12.5. The van der Waals surface area contributed by atoms with Crippen LogP contribution in [0.2, 0.25) is 0 Å². The fraction of sp³-hybridized carbons (Fsp3) is 0.600. The Morgan fingerprint density at radius 1 is 1.12 bits per heavy atom. The number of ether oxygens (including phenoxy) is 1. The van der Waals surface area contributed by atoms with Crippen molar-refractivity contribution in [3.05, 3.63) is 35.9 Å². The number of benzene rings is 1. The van der Waals surface area contributed by atoms with E-state index in [1.54, 1.807) is 0 Å². The largest absolute Gasteiger partial charge is 0.381 e. The van der Waals surface area contributed by atoms with Gasteiger partial charge in [0.2, 0.25) is 11.8 Å². The van der Waals surface area contributed by atoms with Gasteiger partial charge < -0.3 is 15.0 Å². The Balaban J connectivity index is 1.37. The third kappa shape index (κ3) is 5.54. The van der Waals surface area contributed by atoms with Gasteiger partial charge in [-0.1, -0.05) is 30.3 Å². The van der Waals surface area contributed by atoms with E-state index in [1.165, 1.54) is 5.56 Å². The summed E-state index contributed by atoms with van der Waals surface area (Å²) in [6, 6.07) is 10.2. The highest BCUT2D eigenvalue weighted by Gasteiger charge is 2.29. The smallest absolute Gasteiger partial charge is 0.234 e. The van der Waals surface area contributed by atoms with Crippen LogP contribution in [-0.4, -0.2) is 74.1 Å². The zero-order valence-corrected chi connectivity index (χ0v) is 15.4. The predicted octanol–water partition coefficient (Wildman–Crippen LogP) is 0.916. The minimum atomic E-state index is 0.0304. The van der Waals surface area contributed by atoms with Crippen molar-refractivity contribution in [2.75, 3.05) is 52.5 Å². The van der Waals surface area contributed by atoms with E-state index in [2.05, 4.69) is 22.3 Å². The first-order valence-electron chi connectivity index (χ1n) is 9.62. The van der Waals surface area contributed by atoms with Gasteiger partial charge in [0.25, 0.3) is 0 Å². The maximum atomic E-state index is 12.5. The average Bonchev–Trinajstić information content (AvgIpc) is 3.09. The predicted molar refractivity (Wildman–Crippen MR) is 99.7 cm³/mol. The summed E-state index contributed by atoms with van der Waals surface area (Å²) in [4.78, 5) is 28.8. The normalized spacial score (nSPS) is 21.4. The van der Waals surface area contributed by atoms with E-state index in [-0.39, 0.29) is 17.7 Å². The van der Waals surface area contributed by atoms with Gasteiger partial charge in [-0.15, -0.1) is 0 Å². The standard InChI is InChI=1S/C20H29N3O3/c24-19(21-9-7-17-5-2-1-3-6-17)15-22-10-4-11-23(13-12-22)20(25)18-8-14-26-16-18/h1-3,5-6,18H,4,7-16H2,(H,21,24). The number of amides is 2. The SMILES string of the molecule is O=C(CN1CCCN(C(=O)C2CCOC2)CC1)NCCc1ccccc1. The van der Waals surface area contributed by atoms with Crippen LogP contribution >= 0.6 is 0 Å². The van der Waals surface area contributed by atoms with Crippen LogP contribution in [0.25, 0.3) is 0 Å². The maximum Gasteiger partial charge on any atom is 0.234 e. The molecule has 0 radical (unpaired) electrons. The second kappa shape index (κ2) is 9.69. The Hall–Kier alpha value is -1.92. The molecule has 6 heteroatoms. The van der Waals surface area contributed by atoms with Crippen LogP contribution in [0.15, 0.2) is 30.3 Å². The molecule has 0 bridgehead atoms. The molecular weight excluding hydrogens is 330 g/mol. The lowest BCUT2D eigenvalue weighted by Crippen LogP contribution is -2.41. The summed E-state index contributed by atoms with van der Waals surface area (Å²) in [5.41, 5.74) is 1.23. The molecule has 142 valence electrons. The zero-order chi connectivity index (χ0) is 18.2. The van der Waals surface area contributed by atoms with Crippen LogP contribution in [0.4, 0.5) is 0 Å². The molecule has 2 fully saturated rings. The van der Waals surface area contributed by atoms with Gasteiger partial charge in [0.15, 0.2) is 0 Å². The molecule has 0 aromatic heterocycles. The van der Waals surface area contributed by atoms with E-state index in [9.17, 15) is 9.59 Å². The third-order valence-corrected chi connectivity index (χ3v) is 5.13. The van der Waals surface area contributed by atoms with Crippen LogP contribution in [-0.2, 0) is 20.7 Å². The summed E-state index contributed by atoms with van der Waals surface area (Å²) in [7, 11) is 0. The molecule has 1 atom stereocenters. The lowest BCUT2D eigenvalue weighted by molar-refractivity contribution is -0.135. The lowest BCUT2D eigenvalue weighted by Gasteiger charge is -2.24. The number of hydrogen-bond acceptors (Lipinski definition) is 4. The van der Waals surface area contributed by atoms with Crippen LogP contribution < -0.4 is 5.32 Å². The fourth-order valence-electron chi connectivity index (χ4n) is 3.59. The molecule has 2 aliphatic heterocycles. The van der Waals surface area contributed by atoms with E-state index in [1.807, 2.05) is 23.1 Å². The summed E-state index contributed by atoms with van der Waals surface area (Å²) >= 11 is 0. The van der Waals surface area contributed by atoms with E-state index in [0.717, 1.165) is 38.9 Å². The van der Waals surface area contributed by atoms with Crippen molar-refractivity contribution >= 4 is 11.8 Å². The molecule has 3 rings (SSSR count). The highest BCUT2D eigenvalue weighted by Crippen LogP contribution is 2.16. The van der Waals surface area contributed by atoms with Crippen molar-refractivity contribution in [2.24, 2.45) is 5.92 Å². The summed E-state index contributed by atoms with van der Waals surface area (Å²) in [5, 5.41) is 3.00. The van der Waals surface area contributed by atoms with Crippen LogP contribution in [0.5, 0.6) is 0 Å². The minimum absolute atomic E-state index is 0.0304. The molecule has 1 aromatic rings. The highest BCUT2D eigenvalue weighted by molar-refractivity contribution is 5.79. The van der Waals surface area contributed by atoms with Gasteiger partial charge in [0.1, 0.15) is 0 Å². The van der Waals surface area contributed by atoms with Gasteiger partial charge in [-0.05, 0) is 24.8 Å². The first-order chi connectivity index (χ1) is 12.7. The molecule has 26 heavy (non-hydrogen) atoms. The van der Waals surface area contributed by atoms with Gasteiger partial charge >= 0.3 is 0 Å². The number of rotatable bonds is 6. The van der Waals surface area contributed by atoms with Gasteiger partial charge in [-0.2, -0.15) is 0 Å². The molecule has 2 saturated heterocycles. The average molecular weight is 359 g/mol. The highest BCUT2D eigenvalue weighted by atomic mass is 16.5. The molecule has 1 N–H and O–H groups in total. The molecular formula is C20H29N3O3. The summed E-state index contributed by atoms with van der Waals surface area (Å²) in [6.45, 7) is 5.41. The topological polar surface area (TPSA) is 61.9 Å². The van der Waals surface area contributed by atoms with Crippen LogP contribution in [0, 0.1) is 5.92 Å². The first kappa shape index (κ1) is 18.9. The second-order valence-corrected chi connectivity index (χ2v) is 7.10.